The first-order valence-corrected chi connectivity index (χ1v) is 9.19. The van der Waals surface area contributed by atoms with Crippen molar-refractivity contribution in [3.63, 3.8) is 0 Å². The minimum absolute atomic E-state index is 0.00624. The van der Waals surface area contributed by atoms with Gasteiger partial charge in [0.05, 0.1) is 12.1 Å². The number of carboxylic acid groups (broad SMARTS) is 1. The van der Waals surface area contributed by atoms with Crippen molar-refractivity contribution in [2.75, 3.05) is 0 Å². The number of hydrogen-bond donors (Lipinski definition) is 2. The molecule has 0 aromatic heterocycles. The molecule has 0 spiro atoms. The summed E-state index contributed by atoms with van der Waals surface area (Å²) in [5.41, 5.74) is -2.06. The number of rotatable bonds is 1. The fourth-order valence-electron chi connectivity index (χ4n) is 6.67. The molecule has 0 saturated heterocycles. The van der Waals surface area contributed by atoms with Crippen LogP contribution in [0.3, 0.4) is 0 Å². The number of carboxylic acids is 1. The third-order valence-electron chi connectivity index (χ3n) is 7.99. The van der Waals surface area contributed by atoms with Gasteiger partial charge in [-0.25, -0.2) is 0 Å². The first-order chi connectivity index (χ1) is 11.6. The van der Waals surface area contributed by atoms with E-state index in [4.69, 9.17) is 0 Å². The maximum absolute atomic E-state index is 11.8. The van der Waals surface area contributed by atoms with Crippen LogP contribution < -0.4 is 5.11 Å². The Balaban J connectivity index is 1.76. The number of carbonyl (C=O) groups excluding carboxylic acids is 2. The zero-order valence-electron chi connectivity index (χ0n) is 14.7. The maximum Gasteiger partial charge on any atom is 0.178 e. The Hall–Kier alpha value is -1.46. The van der Waals surface area contributed by atoms with E-state index >= 15 is 0 Å². The summed E-state index contributed by atoms with van der Waals surface area (Å²) in [6.45, 7) is 3.87. The summed E-state index contributed by atoms with van der Waals surface area (Å²) in [6.07, 6.45) is 7.13. The smallest absolute Gasteiger partial charge is 0.178 e. The second-order valence-electron chi connectivity index (χ2n) is 8.90. The van der Waals surface area contributed by atoms with Crippen molar-refractivity contribution in [2.24, 2.45) is 28.6 Å². The van der Waals surface area contributed by atoms with Crippen LogP contribution in [0.2, 0.25) is 0 Å². The number of hydrogen-bond acceptors (Lipinski definition) is 5. The Kier molecular flexibility index (Phi) is 3.42. The lowest BCUT2D eigenvalue weighted by molar-refractivity contribution is -0.334. The van der Waals surface area contributed by atoms with E-state index in [0.29, 0.717) is 6.42 Å². The van der Waals surface area contributed by atoms with Crippen molar-refractivity contribution >= 4 is 11.8 Å². The van der Waals surface area contributed by atoms with Gasteiger partial charge < -0.3 is 20.1 Å². The highest BCUT2D eigenvalue weighted by Crippen LogP contribution is 2.66. The highest BCUT2D eigenvalue weighted by molar-refractivity contribution is 6.01. The van der Waals surface area contributed by atoms with Gasteiger partial charge in [-0.1, -0.05) is 25.5 Å². The predicted octanol–water partition coefficient (Wildman–Crippen LogP) is 0.746. The Labute approximate surface area is 147 Å². The van der Waals surface area contributed by atoms with Crippen molar-refractivity contribution in [1.82, 2.24) is 0 Å². The summed E-state index contributed by atoms with van der Waals surface area (Å²) in [6, 6.07) is 0. The number of allylic oxidation sites excluding steroid dienone is 4. The molecule has 4 aliphatic rings. The van der Waals surface area contributed by atoms with Crippen LogP contribution in [-0.4, -0.2) is 33.7 Å². The van der Waals surface area contributed by atoms with Gasteiger partial charge in [0, 0.05) is 16.7 Å². The molecule has 2 N–H and O–H groups in total. The Morgan fingerprint density at radius 1 is 1.32 bits per heavy atom. The highest BCUT2D eigenvalue weighted by atomic mass is 16.4. The Bertz CT molecular complexity index is 709. The van der Waals surface area contributed by atoms with Crippen LogP contribution in [0.25, 0.3) is 0 Å². The van der Waals surface area contributed by atoms with Crippen molar-refractivity contribution in [2.45, 2.75) is 57.7 Å². The van der Waals surface area contributed by atoms with E-state index in [0.717, 1.165) is 18.4 Å². The molecule has 3 fully saturated rings. The number of ketones is 1. The zero-order chi connectivity index (χ0) is 18.2. The normalized spacial score (nSPS) is 51.4. The summed E-state index contributed by atoms with van der Waals surface area (Å²) in [5.74, 6) is -1.32. The van der Waals surface area contributed by atoms with Gasteiger partial charge in [0.2, 0.25) is 0 Å². The number of aliphatic hydroxyl groups is 2. The van der Waals surface area contributed by atoms with Crippen molar-refractivity contribution in [3.8, 4) is 0 Å². The van der Waals surface area contributed by atoms with Crippen LogP contribution in [0.4, 0.5) is 0 Å². The van der Waals surface area contributed by atoms with Gasteiger partial charge in [-0.3, -0.25) is 4.79 Å². The lowest BCUT2D eigenvalue weighted by Crippen LogP contribution is -2.63. The molecular weight excluding hydrogens is 320 g/mol. The molecule has 25 heavy (non-hydrogen) atoms. The molecule has 0 aromatic carbocycles. The molecule has 4 rings (SSSR count). The Morgan fingerprint density at radius 3 is 2.72 bits per heavy atom. The molecule has 7 atom stereocenters. The van der Waals surface area contributed by atoms with Crippen LogP contribution in [0.15, 0.2) is 23.8 Å². The third-order valence-corrected chi connectivity index (χ3v) is 7.99. The second-order valence-corrected chi connectivity index (χ2v) is 8.90. The molecule has 0 radical (unpaired) electrons. The minimum atomic E-state index is -1.88. The van der Waals surface area contributed by atoms with Gasteiger partial charge in [0.1, 0.15) is 5.60 Å². The molecule has 0 aromatic rings. The minimum Gasteiger partial charge on any atom is -0.547 e. The molecule has 3 saturated carbocycles. The van der Waals surface area contributed by atoms with Crippen molar-refractivity contribution in [3.05, 3.63) is 23.8 Å². The fourth-order valence-corrected chi connectivity index (χ4v) is 6.67. The summed E-state index contributed by atoms with van der Waals surface area (Å²) in [7, 11) is 0. The van der Waals surface area contributed by atoms with E-state index in [9.17, 15) is 24.9 Å². The average molecular weight is 345 g/mol. The zero-order valence-corrected chi connectivity index (χ0v) is 14.7. The lowest BCUT2D eigenvalue weighted by Gasteiger charge is -2.60. The van der Waals surface area contributed by atoms with Gasteiger partial charge >= 0.3 is 0 Å². The lowest BCUT2D eigenvalue weighted by atomic mass is 9.46. The van der Waals surface area contributed by atoms with E-state index in [-0.39, 0.29) is 41.8 Å². The topological polar surface area (TPSA) is 97.7 Å². The van der Waals surface area contributed by atoms with E-state index in [1.54, 1.807) is 19.1 Å². The van der Waals surface area contributed by atoms with E-state index in [1.165, 1.54) is 0 Å². The summed E-state index contributed by atoms with van der Waals surface area (Å²) in [5, 5.41) is 33.5. The average Bonchev–Trinajstić information content (AvgIpc) is 2.80. The third kappa shape index (κ3) is 1.97. The molecule has 136 valence electrons. The molecule has 0 aliphatic heterocycles. The number of aliphatic carboxylic acids is 1. The van der Waals surface area contributed by atoms with Crippen LogP contribution >= 0.6 is 0 Å². The quantitative estimate of drug-likeness (QED) is 0.731. The molecule has 0 amide bonds. The largest absolute Gasteiger partial charge is 0.547 e. The summed E-state index contributed by atoms with van der Waals surface area (Å²) in [4.78, 5) is 23.4. The Morgan fingerprint density at radius 2 is 2.04 bits per heavy atom. The molecule has 5 nitrogen and oxygen atoms in total. The van der Waals surface area contributed by atoms with Gasteiger partial charge in [-0.2, -0.15) is 0 Å². The number of aliphatic hydroxyl groups excluding tert-OH is 1. The van der Waals surface area contributed by atoms with E-state index in [2.05, 4.69) is 6.92 Å². The van der Waals surface area contributed by atoms with Crippen LogP contribution in [0.1, 0.15) is 46.0 Å². The number of carbonyl (C=O) groups is 2. The summed E-state index contributed by atoms with van der Waals surface area (Å²) < 4.78 is 0. The number of fused-ring (bicyclic) bond motifs is 5. The SMILES string of the molecule is C[C@]12C=CC(=O)C=C1CC[C@@H]1[C@H]2[C@H](O)C[C@]2(C)[C@H]1CC[C@]2(O)C(=O)[O-]. The van der Waals surface area contributed by atoms with Crippen molar-refractivity contribution in [1.29, 1.82) is 0 Å². The monoisotopic (exact) mass is 345 g/mol. The van der Waals surface area contributed by atoms with Gasteiger partial charge in [0.15, 0.2) is 5.78 Å². The van der Waals surface area contributed by atoms with Crippen LogP contribution in [-0.2, 0) is 9.59 Å². The van der Waals surface area contributed by atoms with Crippen LogP contribution in [0, 0.1) is 28.6 Å². The van der Waals surface area contributed by atoms with E-state index in [1.807, 2.05) is 6.08 Å². The second kappa shape index (κ2) is 5.04. The maximum atomic E-state index is 11.8. The van der Waals surface area contributed by atoms with Crippen molar-refractivity contribution < 1.29 is 24.9 Å². The fraction of sp³-hybridized carbons (Fsp3) is 0.700. The first kappa shape index (κ1) is 17.0. The first-order valence-electron chi connectivity index (χ1n) is 9.19. The molecule has 5 heteroatoms. The molecule has 0 unspecified atom stereocenters. The predicted molar refractivity (Wildman–Crippen MR) is 88.0 cm³/mol. The van der Waals surface area contributed by atoms with Gasteiger partial charge in [-0.05, 0) is 56.1 Å². The molecular formula is C20H25O5-. The summed E-state index contributed by atoms with van der Waals surface area (Å²) >= 11 is 0. The highest BCUT2D eigenvalue weighted by Gasteiger charge is 2.66. The van der Waals surface area contributed by atoms with Crippen LogP contribution in [0.5, 0.6) is 0 Å². The van der Waals surface area contributed by atoms with Gasteiger partial charge in [-0.15, -0.1) is 0 Å². The molecule has 0 bridgehead atoms. The van der Waals surface area contributed by atoms with Gasteiger partial charge in [0.25, 0.3) is 0 Å². The van der Waals surface area contributed by atoms with E-state index < -0.39 is 23.1 Å². The standard InChI is InChI=1S/C20H26O5/c1-18-7-5-12(21)9-11(18)3-4-13-14-6-8-20(25,17(23)24)19(14,2)10-15(22)16(13)18/h5,7,9,13-16,22,25H,3-4,6,8,10H2,1-2H3,(H,23,24)/p-1/t13-,14-,15+,16-,18-,19+,20-/m0/s1. The molecule has 4 aliphatic carbocycles. The molecule has 0 heterocycles.